The highest BCUT2D eigenvalue weighted by molar-refractivity contribution is 5.85. The molecule has 0 spiro atoms. The van der Waals surface area contributed by atoms with Crippen LogP contribution in [0.2, 0.25) is 0 Å². The van der Waals surface area contributed by atoms with Crippen LogP contribution in [-0.2, 0) is 11.0 Å². The van der Waals surface area contributed by atoms with Gasteiger partial charge in [0.2, 0.25) is 0 Å². The van der Waals surface area contributed by atoms with E-state index in [1.165, 1.54) is 0 Å². The van der Waals surface area contributed by atoms with Crippen LogP contribution < -0.4 is 0 Å². The summed E-state index contributed by atoms with van der Waals surface area (Å²) in [6.45, 7) is 0. The van der Waals surface area contributed by atoms with Crippen molar-refractivity contribution in [3.63, 3.8) is 0 Å². The summed E-state index contributed by atoms with van der Waals surface area (Å²) in [5.41, 5.74) is -1.04. The van der Waals surface area contributed by atoms with Crippen molar-refractivity contribution >= 4 is 12.0 Å². The Morgan fingerprint density at radius 3 is 2.53 bits per heavy atom. The van der Waals surface area contributed by atoms with Gasteiger partial charge in [-0.15, -0.1) is 0 Å². The molecule has 0 unspecified atom stereocenters. The topological polar surface area (TPSA) is 61.1 Å². The third-order valence-electron chi connectivity index (χ3n) is 1.91. The Morgan fingerprint density at radius 2 is 2.06 bits per heavy atom. The molecule has 3 nitrogen and oxygen atoms in total. The third-order valence-corrected chi connectivity index (χ3v) is 1.91. The number of hydrogen-bond acceptors (Lipinski definition) is 2. The number of aliphatic carboxylic acids is 1. The third kappa shape index (κ3) is 3.34. The van der Waals surface area contributed by atoms with Gasteiger partial charge < -0.3 is 5.11 Å². The Labute approximate surface area is 94.4 Å². The molecule has 0 amide bonds. The van der Waals surface area contributed by atoms with E-state index in [1.54, 1.807) is 6.07 Å². The highest BCUT2D eigenvalue weighted by Crippen LogP contribution is 2.30. The van der Waals surface area contributed by atoms with Gasteiger partial charge in [0, 0.05) is 6.08 Å². The number of carboxylic acid groups (broad SMARTS) is 1. The van der Waals surface area contributed by atoms with Crippen LogP contribution >= 0.6 is 0 Å². The van der Waals surface area contributed by atoms with E-state index in [9.17, 15) is 18.0 Å². The first-order chi connectivity index (χ1) is 7.84. The Morgan fingerprint density at radius 1 is 1.41 bits per heavy atom. The second kappa shape index (κ2) is 4.70. The molecule has 0 atom stereocenters. The van der Waals surface area contributed by atoms with Crippen LogP contribution in [0.5, 0.6) is 0 Å². The second-order valence-corrected chi connectivity index (χ2v) is 3.08. The maximum Gasteiger partial charge on any atom is 0.416 e. The van der Waals surface area contributed by atoms with Gasteiger partial charge >= 0.3 is 12.1 Å². The van der Waals surface area contributed by atoms with E-state index in [2.05, 4.69) is 0 Å². The number of carboxylic acids is 1. The van der Waals surface area contributed by atoms with Gasteiger partial charge in [-0.2, -0.15) is 18.4 Å². The molecular formula is C11H6F3NO2. The molecular weight excluding hydrogens is 235 g/mol. The number of hydrogen-bond donors (Lipinski definition) is 1. The maximum atomic E-state index is 12.3. The van der Waals surface area contributed by atoms with Crippen LogP contribution in [0.4, 0.5) is 13.2 Å². The summed E-state index contributed by atoms with van der Waals surface area (Å²) < 4.78 is 37.0. The van der Waals surface area contributed by atoms with Gasteiger partial charge in [-0.25, -0.2) is 4.79 Å². The van der Waals surface area contributed by atoms with Gasteiger partial charge in [-0.3, -0.25) is 0 Å². The summed E-state index contributed by atoms with van der Waals surface area (Å²) in [7, 11) is 0. The van der Waals surface area contributed by atoms with Gasteiger partial charge in [0.05, 0.1) is 17.2 Å². The molecule has 1 rings (SSSR count). The largest absolute Gasteiger partial charge is 0.478 e. The molecule has 0 heterocycles. The maximum absolute atomic E-state index is 12.3. The Hall–Kier alpha value is -2.29. The lowest BCUT2D eigenvalue weighted by Gasteiger charge is -2.07. The van der Waals surface area contributed by atoms with E-state index in [1.807, 2.05) is 0 Å². The molecule has 0 aliphatic rings. The van der Waals surface area contributed by atoms with Crippen molar-refractivity contribution in [3.05, 3.63) is 41.0 Å². The number of rotatable bonds is 2. The molecule has 0 saturated heterocycles. The second-order valence-electron chi connectivity index (χ2n) is 3.08. The number of halogens is 3. The average molecular weight is 241 g/mol. The molecule has 0 aromatic heterocycles. The lowest BCUT2D eigenvalue weighted by Crippen LogP contribution is -2.05. The van der Waals surface area contributed by atoms with E-state index in [0.717, 1.165) is 24.3 Å². The Kier molecular flexibility index (Phi) is 3.53. The van der Waals surface area contributed by atoms with Crippen LogP contribution in [0.3, 0.4) is 0 Å². The lowest BCUT2D eigenvalue weighted by atomic mass is 10.0. The van der Waals surface area contributed by atoms with Crippen LogP contribution in [-0.4, -0.2) is 11.1 Å². The summed E-state index contributed by atoms with van der Waals surface area (Å²) >= 11 is 0. The molecule has 0 aliphatic heterocycles. The summed E-state index contributed by atoms with van der Waals surface area (Å²) in [5.74, 6) is -1.24. The highest BCUT2D eigenvalue weighted by Gasteiger charge is 2.30. The summed E-state index contributed by atoms with van der Waals surface area (Å²) in [4.78, 5) is 10.2. The lowest BCUT2D eigenvalue weighted by molar-refractivity contribution is -0.137. The number of alkyl halides is 3. The zero-order valence-corrected chi connectivity index (χ0v) is 8.32. The molecule has 1 aromatic carbocycles. The van der Waals surface area contributed by atoms with Gasteiger partial charge in [0.25, 0.3) is 0 Å². The first-order valence-electron chi connectivity index (χ1n) is 4.37. The van der Waals surface area contributed by atoms with Gasteiger partial charge in [-0.05, 0) is 23.8 Å². The quantitative estimate of drug-likeness (QED) is 0.809. The SMILES string of the molecule is N#Cc1cc(C(F)(F)F)ccc1/C=C/C(=O)O. The first-order valence-corrected chi connectivity index (χ1v) is 4.37. The normalized spacial score (nSPS) is 11.4. The van der Waals surface area contributed by atoms with Crippen LogP contribution in [0.1, 0.15) is 16.7 Å². The molecule has 0 aliphatic carbocycles. The van der Waals surface area contributed by atoms with Crippen molar-refractivity contribution in [2.75, 3.05) is 0 Å². The van der Waals surface area contributed by atoms with E-state index in [4.69, 9.17) is 10.4 Å². The Bertz CT molecular complexity index is 512. The average Bonchev–Trinajstić information content (AvgIpc) is 2.24. The van der Waals surface area contributed by atoms with Crippen molar-refractivity contribution in [2.45, 2.75) is 6.18 Å². The first kappa shape index (κ1) is 12.8. The van der Waals surface area contributed by atoms with Crippen molar-refractivity contribution < 1.29 is 23.1 Å². The van der Waals surface area contributed by atoms with Gasteiger partial charge in [0.1, 0.15) is 0 Å². The molecule has 6 heteroatoms. The van der Waals surface area contributed by atoms with Crippen molar-refractivity contribution in [3.8, 4) is 6.07 Å². The van der Waals surface area contributed by atoms with Gasteiger partial charge in [-0.1, -0.05) is 6.07 Å². The Balaban J connectivity index is 3.20. The minimum absolute atomic E-state index is 0.128. The van der Waals surface area contributed by atoms with Gasteiger partial charge in [0.15, 0.2) is 0 Å². The highest BCUT2D eigenvalue weighted by atomic mass is 19.4. The van der Waals surface area contributed by atoms with Crippen molar-refractivity contribution in [1.82, 2.24) is 0 Å². The zero-order chi connectivity index (χ0) is 13.1. The smallest absolute Gasteiger partial charge is 0.416 e. The molecule has 0 radical (unpaired) electrons. The number of benzene rings is 1. The van der Waals surface area contributed by atoms with E-state index in [0.29, 0.717) is 6.07 Å². The molecule has 1 N–H and O–H groups in total. The predicted octanol–water partition coefficient (Wildman–Crippen LogP) is 2.67. The van der Waals surface area contributed by atoms with E-state index in [-0.39, 0.29) is 11.1 Å². The van der Waals surface area contributed by atoms with E-state index >= 15 is 0 Å². The predicted molar refractivity (Wildman–Crippen MR) is 52.8 cm³/mol. The standard InChI is InChI=1S/C11H6F3NO2/c12-11(13,14)9-3-1-7(2-4-10(16)17)8(5-9)6-15/h1-5H,(H,16,17)/b4-2+. The fourth-order valence-corrected chi connectivity index (χ4v) is 1.14. The fourth-order valence-electron chi connectivity index (χ4n) is 1.14. The summed E-state index contributed by atoms with van der Waals surface area (Å²) in [5, 5.41) is 17.0. The zero-order valence-electron chi connectivity index (χ0n) is 8.32. The summed E-state index contributed by atoms with van der Waals surface area (Å²) in [6, 6.07) is 4.12. The number of nitriles is 1. The molecule has 0 saturated carbocycles. The molecule has 0 bridgehead atoms. The molecule has 88 valence electrons. The number of carbonyl (C=O) groups is 1. The fraction of sp³-hybridized carbons (Fsp3) is 0.0909. The van der Waals surface area contributed by atoms with Crippen molar-refractivity contribution in [1.29, 1.82) is 5.26 Å². The molecule has 1 aromatic rings. The monoisotopic (exact) mass is 241 g/mol. The van der Waals surface area contributed by atoms with Crippen LogP contribution in [0.15, 0.2) is 24.3 Å². The van der Waals surface area contributed by atoms with E-state index < -0.39 is 17.7 Å². The minimum Gasteiger partial charge on any atom is -0.478 e. The molecule has 0 fully saturated rings. The van der Waals surface area contributed by atoms with Crippen molar-refractivity contribution in [2.24, 2.45) is 0 Å². The van der Waals surface area contributed by atoms with Crippen LogP contribution in [0, 0.1) is 11.3 Å². The number of nitrogens with zero attached hydrogens (tertiary/aromatic N) is 1. The minimum atomic E-state index is -4.53. The summed E-state index contributed by atoms with van der Waals surface area (Å²) in [6.07, 6.45) is -2.70. The van der Waals surface area contributed by atoms with Crippen LogP contribution in [0.25, 0.3) is 6.08 Å². The molecule has 17 heavy (non-hydrogen) atoms.